The third-order valence-corrected chi connectivity index (χ3v) is 4.03. The Morgan fingerprint density at radius 3 is 2.38 bits per heavy atom. The van der Waals surface area contributed by atoms with E-state index in [0.717, 1.165) is 6.07 Å². The molecule has 0 bridgehead atoms. The summed E-state index contributed by atoms with van der Waals surface area (Å²) in [6, 6.07) is 11.4. The third kappa shape index (κ3) is 4.90. The van der Waals surface area contributed by atoms with Crippen LogP contribution < -0.4 is 14.2 Å². The Morgan fingerprint density at radius 1 is 1.10 bits per heavy atom. The fourth-order valence-corrected chi connectivity index (χ4v) is 2.62. The number of hydrogen-bond donors (Lipinski definition) is 0. The highest BCUT2D eigenvalue weighted by Gasteiger charge is 2.45. The Labute approximate surface area is 164 Å². The molecule has 0 radical (unpaired) electrons. The maximum Gasteiger partial charge on any atom is 0.429 e. The van der Waals surface area contributed by atoms with Crippen LogP contribution in [0.25, 0.3) is 0 Å². The highest BCUT2D eigenvalue weighted by atomic mass is 19.4. The summed E-state index contributed by atoms with van der Waals surface area (Å²) in [7, 11) is 0. The normalized spacial score (nSPS) is 15.0. The van der Waals surface area contributed by atoms with Gasteiger partial charge in [-0.2, -0.15) is 18.4 Å². The van der Waals surface area contributed by atoms with Crippen molar-refractivity contribution in [3.05, 3.63) is 53.6 Å². The number of halogens is 3. The summed E-state index contributed by atoms with van der Waals surface area (Å²) in [6.45, 7) is 1.79. The average molecular weight is 407 g/mol. The van der Waals surface area contributed by atoms with Gasteiger partial charge < -0.3 is 18.9 Å². The standard InChI is InChI=1S/C20H16F3NO5/c1-12(28-15-5-2-13(11-24)3-6-15)19(25)29-18(20(21,22)23)14-4-7-16-17(10-14)27-9-8-26-16/h2-7,10,12,18H,8-9H2,1H3/t12-,18-/m0/s1. The molecule has 29 heavy (non-hydrogen) atoms. The van der Waals surface area contributed by atoms with Gasteiger partial charge in [0.2, 0.25) is 6.10 Å². The number of rotatable bonds is 5. The minimum absolute atomic E-state index is 0.154. The molecule has 1 heterocycles. The highest BCUT2D eigenvalue weighted by Crippen LogP contribution is 2.40. The maximum atomic E-state index is 13.6. The second kappa shape index (κ2) is 8.31. The Hall–Kier alpha value is -3.41. The fraction of sp³-hybridized carbons (Fsp3) is 0.300. The molecule has 2 aromatic carbocycles. The van der Waals surface area contributed by atoms with Crippen LogP contribution >= 0.6 is 0 Å². The number of hydrogen-bond acceptors (Lipinski definition) is 6. The van der Waals surface area contributed by atoms with Gasteiger partial charge in [-0.25, -0.2) is 4.79 Å². The zero-order chi connectivity index (χ0) is 21.0. The van der Waals surface area contributed by atoms with Gasteiger partial charge in [-0.15, -0.1) is 0 Å². The summed E-state index contributed by atoms with van der Waals surface area (Å²) < 4.78 is 61.3. The van der Waals surface area contributed by atoms with Gasteiger partial charge in [-0.3, -0.25) is 0 Å². The number of carbonyl (C=O) groups is 1. The molecule has 0 unspecified atom stereocenters. The number of fused-ring (bicyclic) bond motifs is 1. The Balaban J connectivity index is 1.74. The van der Waals surface area contributed by atoms with E-state index in [9.17, 15) is 18.0 Å². The second-order valence-corrected chi connectivity index (χ2v) is 6.16. The molecule has 6 nitrogen and oxygen atoms in total. The van der Waals surface area contributed by atoms with E-state index < -0.39 is 24.4 Å². The first-order valence-electron chi connectivity index (χ1n) is 8.61. The largest absolute Gasteiger partial charge is 0.486 e. The van der Waals surface area contributed by atoms with E-state index in [2.05, 4.69) is 0 Å². The Bertz CT molecular complexity index is 921. The molecule has 0 aromatic heterocycles. The summed E-state index contributed by atoms with van der Waals surface area (Å²) in [6.07, 6.45) is -8.63. The molecule has 0 fully saturated rings. The lowest BCUT2D eigenvalue weighted by Crippen LogP contribution is -2.33. The van der Waals surface area contributed by atoms with Crippen LogP contribution in [-0.4, -0.2) is 31.5 Å². The van der Waals surface area contributed by atoms with Gasteiger partial charge in [-0.1, -0.05) is 6.07 Å². The smallest absolute Gasteiger partial charge is 0.429 e. The minimum atomic E-state index is -4.84. The van der Waals surface area contributed by atoms with Gasteiger partial charge in [0.15, 0.2) is 17.6 Å². The molecule has 0 saturated heterocycles. The van der Waals surface area contributed by atoms with E-state index in [4.69, 9.17) is 24.2 Å². The van der Waals surface area contributed by atoms with Gasteiger partial charge >= 0.3 is 12.1 Å². The summed E-state index contributed by atoms with van der Waals surface area (Å²) in [4.78, 5) is 12.2. The molecular formula is C20H16F3NO5. The van der Waals surface area contributed by atoms with Crippen molar-refractivity contribution >= 4 is 5.97 Å². The van der Waals surface area contributed by atoms with Crippen molar-refractivity contribution in [3.8, 4) is 23.3 Å². The first-order valence-corrected chi connectivity index (χ1v) is 8.61. The number of carbonyl (C=O) groups excluding carboxylic acids is 1. The minimum Gasteiger partial charge on any atom is -0.486 e. The zero-order valence-corrected chi connectivity index (χ0v) is 15.2. The van der Waals surface area contributed by atoms with Gasteiger partial charge in [0.1, 0.15) is 19.0 Å². The molecule has 2 atom stereocenters. The molecular weight excluding hydrogens is 391 g/mol. The second-order valence-electron chi connectivity index (χ2n) is 6.16. The van der Waals surface area contributed by atoms with Crippen LogP contribution in [0.4, 0.5) is 13.2 Å². The molecule has 0 amide bonds. The molecule has 1 aliphatic heterocycles. The van der Waals surface area contributed by atoms with Crippen LogP contribution in [0.1, 0.15) is 24.2 Å². The molecule has 3 rings (SSSR count). The number of ether oxygens (including phenoxy) is 4. The van der Waals surface area contributed by atoms with E-state index in [0.29, 0.717) is 17.9 Å². The van der Waals surface area contributed by atoms with Crippen molar-refractivity contribution in [2.45, 2.75) is 25.3 Å². The fourth-order valence-electron chi connectivity index (χ4n) is 2.62. The van der Waals surface area contributed by atoms with E-state index in [1.165, 1.54) is 43.3 Å². The highest BCUT2D eigenvalue weighted by molar-refractivity contribution is 5.75. The molecule has 9 heteroatoms. The van der Waals surface area contributed by atoms with E-state index in [-0.39, 0.29) is 23.7 Å². The van der Waals surface area contributed by atoms with Gasteiger partial charge in [-0.05, 0) is 43.3 Å². The molecule has 0 spiro atoms. The van der Waals surface area contributed by atoms with E-state index in [1.54, 1.807) is 0 Å². The van der Waals surface area contributed by atoms with Gasteiger partial charge in [0, 0.05) is 5.56 Å². The number of benzene rings is 2. The molecule has 2 aromatic rings. The van der Waals surface area contributed by atoms with E-state index >= 15 is 0 Å². The molecule has 0 saturated carbocycles. The summed E-state index contributed by atoms with van der Waals surface area (Å²) in [5, 5.41) is 8.77. The Morgan fingerprint density at radius 2 is 1.76 bits per heavy atom. The first kappa shape index (κ1) is 20.3. The summed E-state index contributed by atoms with van der Waals surface area (Å²) in [5.41, 5.74) is 0.0870. The topological polar surface area (TPSA) is 77.8 Å². The third-order valence-electron chi connectivity index (χ3n) is 4.03. The monoisotopic (exact) mass is 407 g/mol. The van der Waals surface area contributed by atoms with Crippen molar-refractivity contribution < 1.29 is 36.9 Å². The quantitative estimate of drug-likeness (QED) is 0.699. The number of alkyl halides is 3. The van der Waals surface area contributed by atoms with Crippen molar-refractivity contribution in [3.63, 3.8) is 0 Å². The van der Waals surface area contributed by atoms with E-state index in [1.807, 2.05) is 6.07 Å². The predicted molar refractivity (Wildman–Crippen MR) is 93.6 cm³/mol. The number of nitrogens with zero attached hydrogens (tertiary/aromatic N) is 1. The molecule has 152 valence electrons. The van der Waals surface area contributed by atoms with Crippen LogP contribution in [-0.2, 0) is 9.53 Å². The number of nitriles is 1. The summed E-state index contributed by atoms with van der Waals surface area (Å²) in [5.74, 6) is -0.492. The maximum absolute atomic E-state index is 13.6. The van der Waals surface area contributed by atoms with Crippen molar-refractivity contribution in [2.75, 3.05) is 13.2 Å². The Kier molecular flexibility index (Phi) is 5.82. The lowest BCUT2D eigenvalue weighted by Gasteiger charge is -2.25. The molecule has 0 aliphatic carbocycles. The van der Waals surface area contributed by atoms with Crippen LogP contribution in [0.2, 0.25) is 0 Å². The zero-order valence-electron chi connectivity index (χ0n) is 15.2. The van der Waals surface area contributed by atoms with Crippen molar-refractivity contribution in [1.82, 2.24) is 0 Å². The lowest BCUT2D eigenvalue weighted by molar-refractivity contribution is -0.227. The van der Waals surface area contributed by atoms with Crippen molar-refractivity contribution in [2.24, 2.45) is 0 Å². The number of esters is 1. The van der Waals surface area contributed by atoms with Crippen LogP contribution in [0.15, 0.2) is 42.5 Å². The first-order chi connectivity index (χ1) is 13.8. The summed E-state index contributed by atoms with van der Waals surface area (Å²) >= 11 is 0. The SMILES string of the molecule is C[C@H](Oc1ccc(C#N)cc1)C(=O)O[C@@H](c1ccc2c(c1)OCCO2)C(F)(F)F. The van der Waals surface area contributed by atoms with Crippen LogP contribution in [0.5, 0.6) is 17.2 Å². The lowest BCUT2D eigenvalue weighted by atomic mass is 10.1. The van der Waals surface area contributed by atoms with Crippen molar-refractivity contribution in [1.29, 1.82) is 5.26 Å². The average Bonchev–Trinajstić information content (AvgIpc) is 2.71. The molecule has 1 aliphatic rings. The van der Waals surface area contributed by atoms with Gasteiger partial charge in [0.25, 0.3) is 0 Å². The van der Waals surface area contributed by atoms with Crippen LogP contribution in [0, 0.1) is 11.3 Å². The predicted octanol–water partition coefficient (Wildman–Crippen LogP) is 3.94. The van der Waals surface area contributed by atoms with Crippen LogP contribution in [0.3, 0.4) is 0 Å². The molecule has 0 N–H and O–H groups in total. The van der Waals surface area contributed by atoms with Gasteiger partial charge in [0.05, 0.1) is 11.6 Å².